The summed E-state index contributed by atoms with van der Waals surface area (Å²) in [5, 5.41) is 0. The Balaban J connectivity index is 1.36. The third kappa shape index (κ3) is 3.64. The molecule has 30 heavy (non-hydrogen) atoms. The van der Waals surface area contributed by atoms with Crippen LogP contribution in [0.5, 0.6) is 5.75 Å². The number of fused-ring (bicyclic) bond motifs is 1. The molecule has 0 radical (unpaired) electrons. The third-order valence-electron chi connectivity index (χ3n) is 5.46. The highest BCUT2D eigenvalue weighted by atomic mass is 16.5. The van der Waals surface area contributed by atoms with Gasteiger partial charge in [-0.25, -0.2) is 9.97 Å². The van der Waals surface area contributed by atoms with Gasteiger partial charge in [-0.3, -0.25) is 0 Å². The second-order valence-electron chi connectivity index (χ2n) is 7.59. The van der Waals surface area contributed by atoms with Gasteiger partial charge in [0.05, 0.1) is 5.69 Å². The molecule has 1 aromatic heterocycles. The summed E-state index contributed by atoms with van der Waals surface area (Å²) in [5.74, 6) is 1.59. The number of benzene rings is 3. The molecule has 1 aliphatic heterocycles. The topological polar surface area (TPSA) is 38.2 Å². The van der Waals surface area contributed by atoms with Crippen LogP contribution in [0.25, 0.3) is 11.3 Å². The molecule has 0 saturated heterocycles. The monoisotopic (exact) mass is 393 g/mol. The van der Waals surface area contributed by atoms with Crippen molar-refractivity contribution in [1.29, 1.82) is 0 Å². The maximum Gasteiger partial charge on any atom is 0.230 e. The largest absolute Gasteiger partial charge is 0.489 e. The molecule has 0 spiro atoms. The van der Waals surface area contributed by atoms with Gasteiger partial charge in [0.15, 0.2) is 0 Å². The van der Waals surface area contributed by atoms with E-state index in [9.17, 15) is 0 Å². The quantitative estimate of drug-likeness (QED) is 0.429. The zero-order valence-electron chi connectivity index (χ0n) is 16.9. The van der Waals surface area contributed by atoms with E-state index in [1.54, 1.807) is 0 Å². The Labute approximate surface area is 176 Å². The number of hydrogen-bond donors (Lipinski definition) is 0. The van der Waals surface area contributed by atoms with Gasteiger partial charge in [0.25, 0.3) is 0 Å². The van der Waals surface area contributed by atoms with Crippen LogP contribution in [-0.2, 0) is 13.0 Å². The molecule has 0 amide bonds. The first-order valence-electron chi connectivity index (χ1n) is 10.3. The summed E-state index contributed by atoms with van der Waals surface area (Å²) in [5.41, 5.74) is 5.66. The van der Waals surface area contributed by atoms with Crippen molar-refractivity contribution in [2.45, 2.75) is 26.0 Å². The van der Waals surface area contributed by atoms with Crippen molar-refractivity contribution in [3.63, 3.8) is 0 Å². The number of rotatable bonds is 5. The molecule has 2 heterocycles. The van der Waals surface area contributed by atoms with Crippen LogP contribution in [0.1, 0.15) is 18.1 Å². The predicted octanol–water partition coefficient (Wildman–Crippen LogP) is 5.81. The Morgan fingerprint density at radius 2 is 1.67 bits per heavy atom. The van der Waals surface area contributed by atoms with Gasteiger partial charge >= 0.3 is 0 Å². The van der Waals surface area contributed by atoms with Gasteiger partial charge in [0, 0.05) is 23.5 Å². The Morgan fingerprint density at radius 1 is 0.900 bits per heavy atom. The Morgan fingerprint density at radius 3 is 2.50 bits per heavy atom. The summed E-state index contributed by atoms with van der Waals surface area (Å²) in [6, 6.07) is 29.1. The molecule has 3 aromatic carbocycles. The van der Waals surface area contributed by atoms with Crippen LogP contribution in [-0.4, -0.2) is 16.0 Å². The van der Waals surface area contributed by atoms with E-state index >= 15 is 0 Å². The Hall–Kier alpha value is -3.66. The second-order valence-corrected chi connectivity index (χ2v) is 7.59. The minimum absolute atomic E-state index is 0.339. The molecule has 148 valence electrons. The summed E-state index contributed by atoms with van der Waals surface area (Å²) in [7, 11) is 0. The number of anilines is 2. The Bertz CT molecular complexity index is 1140. The summed E-state index contributed by atoms with van der Waals surface area (Å²) in [6.07, 6.45) is 2.85. The van der Waals surface area contributed by atoms with E-state index in [1.165, 1.54) is 11.3 Å². The lowest BCUT2D eigenvalue weighted by Gasteiger charge is -2.22. The highest BCUT2D eigenvalue weighted by Gasteiger charge is 2.28. The summed E-state index contributed by atoms with van der Waals surface area (Å²) < 4.78 is 5.90. The highest BCUT2D eigenvalue weighted by molar-refractivity contribution is 5.69. The fraction of sp³-hybridized carbons (Fsp3) is 0.154. The van der Waals surface area contributed by atoms with E-state index in [-0.39, 0.29) is 0 Å². The molecule has 5 rings (SSSR count). The standard InChI is InChI=1S/C26H23N3O/c1-19-17-22-9-5-6-10-25(22)29(19)26-27-16-15-24(28-26)21-11-13-23(14-12-21)30-18-20-7-3-2-4-8-20/h2-16,19H,17-18H2,1H3. The minimum atomic E-state index is 0.339. The molecule has 4 heteroatoms. The molecule has 4 aromatic rings. The number of para-hydroxylation sites is 1. The Kier molecular flexibility index (Phi) is 4.89. The molecule has 0 fully saturated rings. The number of nitrogens with zero attached hydrogens (tertiary/aromatic N) is 3. The van der Waals surface area contributed by atoms with E-state index in [0.29, 0.717) is 12.6 Å². The fourth-order valence-electron chi connectivity index (χ4n) is 3.96. The third-order valence-corrected chi connectivity index (χ3v) is 5.46. The number of aromatic nitrogens is 2. The molecule has 1 unspecified atom stereocenters. The van der Waals surface area contributed by atoms with Crippen molar-refractivity contribution in [3.8, 4) is 17.0 Å². The van der Waals surface area contributed by atoms with Crippen LogP contribution >= 0.6 is 0 Å². The van der Waals surface area contributed by atoms with E-state index in [1.807, 2.05) is 54.7 Å². The highest BCUT2D eigenvalue weighted by Crippen LogP contribution is 2.36. The van der Waals surface area contributed by atoms with Gasteiger partial charge in [0.1, 0.15) is 12.4 Å². The number of ether oxygens (including phenoxy) is 1. The molecular formula is C26H23N3O. The molecule has 0 saturated carbocycles. The average molecular weight is 393 g/mol. The lowest BCUT2D eigenvalue weighted by atomic mass is 10.1. The molecule has 1 aliphatic rings. The minimum Gasteiger partial charge on any atom is -0.489 e. The van der Waals surface area contributed by atoms with Crippen molar-refractivity contribution in [3.05, 3.63) is 102 Å². The van der Waals surface area contributed by atoms with Crippen LogP contribution in [0.2, 0.25) is 0 Å². The predicted molar refractivity (Wildman–Crippen MR) is 120 cm³/mol. The maximum atomic E-state index is 5.90. The molecule has 4 nitrogen and oxygen atoms in total. The van der Waals surface area contributed by atoms with Gasteiger partial charge in [-0.2, -0.15) is 0 Å². The molecule has 0 bridgehead atoms. The lowest BCUT2D eigenvalue weighted by molar-refractivity contribution is 0.306. The van der Waals surface area contributed by atoms with E-state index < -0.39 is 0 Å². The van der Waals surface area contributed by atoms with Crippen molar-refractivity contribution in [2.75, 3.05) is 4.90 Å². The second kappa shape index (κ2) is 7.99. The number of hydrogen-bond acceptors (Lipinski definition) is 4. The lowest BCUT2D eigenvalue weighted by Crippen LogP contribution is -2.25. The summed E-state index contributed by atoms with van der Waals surface area (Å²) in [4.78, 5) is 11.7. The van der Waals surface area contributed by atoms with Crippen molar-refractivity contribution in [1.82, 2.24) is 9.97 Å². The zero-order valence-corrected chi connectivity index (χ0v) is 16.9. The first-order valence-corrected chi connectivity index (χ1v) is 10.3. The van der Waals surface area contributed by atoms with Gasteiger partial charge in [-0.05, 0) is 60.9 Å². The van der Waals surface area contributed by atoms with E-state index in [2.05, 4.69) is 53.2 Å². The van der Waals surface area contributed by atoms with Crippen LogP contribution in [0.15, 0.2) is 91.1 Å². The van der Waals surface area contributed by atoms with Crippen LogP contribution < -0.4 is 9.64 Å². The fourth-order valence-corrected chi connectivity index (χ4v) is 3.96. The molecule has 0 aliphatic carbocycles. The molecule has 0 N–H and O–H groups in total. The van der Waals surface area contributed by atoms with Crippen molar-refractivity contribution >= 4 is 11.6 Å². The van der Waals surface area contributed by atoms with Crippen molar-refractivity contribution < 1.29 is 4.74 Å². The van der Waals surface area contributed by atoms with E-state index in [0.717, 1.165) is 34.9 Å². The van der Waals surface area contributed by atoms with E-state index in [4.69, 9.17) is 9.72 Å². The summed E-state index contributed by atoms with van der Waals surface area (Å²) >= 11 is 0. The van der Waals surface area contributed by atoms with Crippen molar-refractivity contribution in [2.24, 2.45) is 0 Å². The van der Waals surface area contributed by atoms with Gasteiger partial charge in [-0.15, -0.1) is 0 Å². The van der Waals surface area contributed by atoms with Gasteiger partial charge in [0.2, 0.25) is 5.95 Å². The van der Waals surface area contributed by atoms with Gasteiger partial charge < -0.3 is 9.64 Å². The molecule has 1 atom stereocenters. The molecular weight excluding hydrogens is 370 g/mol. The smallest absolute Gasteiger partial charge is 0.230 e. The van der Waals surface area contributed by atoms with Crippen LogP contribution in [0.3, 0.4) is 0 Å². The zero-order chi connectivity index (χ0) is 20.3. The van der Waals surface area contributed by atoms with Crippen LogP contribution in [0.4, 0.5) is 11.6 Å². The maximum absolute atomic E-state index is 5.90. The SMILES string of the molecule is CC1Cc2ccccc2N1c1nccc(-c2ccc(OCc3ccccc3)cc2)n1. The normalized spacial score (nSPS) is 15.1. The van der Waals surface area contributed by atoms with Crippen LogP contribution in [0, 0.1) is 0 Å². The first kappa shape index (κ1) is 18.4. The van der Waals surface area contributed by atoms with Gasteiger partial charge in [-0.1, -0.05) is 48.5 Å². The average Bonchev–Trinajstić information content (AvgIpc) is 3.14. The first-order chi connectivity index (χ1) is 14.8. The summed E-state index contributed by atoms with van der Waals surface area (Å²) in [6.45, 7) is 2.78.